The fraction of sp³-hybridized carbons (Fsp3) is 1.00. The number of nitrogens with one attached hydrogen (secondary N) is 1. The molecule has 98 valence electrons. The zero-order valence-electron chi connectivity index (χ0n) is 10.8. The van der Waals surface area contributed by atoms with Crippen LogP contribution in [0.2, 0.25) is 6.04 Å². The van der Waals surface area contributed by atoms with Crippen LogP contribution in [0.4, 0.5) is 0 Å². The Kier molecular flexibility index (Phi) is 10.2. The summed E-state index contributed by atoms with van der Waals surface area (Å²) < 4.78 is 16.0. The van der Waals surface area contributed by atoms with Crippen molar-refractivity contribution in [1.29, 1.82) is 0 Å². The van der Waals surface area contributed by atoms with E-state index >= 15 is 0 Å². The molecule has 3 N–H and O–H groups in total. The Morgan fingerprint density at radius 3 is 2.06 bits per heavy atom. The van der Waals surface area contributed by atoms with Gasteiger partial charge in [-0.25, -0.2) is 0 Å². The molecular weight excluding hydrogens is 224 g/mol. The molecule has 0 rings (SSSR count). The monoisotopic (exact) mass is 250 g/mol. The highest BCUT2D eigenvalue weighted by molar-refractivity contribution is 6.60. The average Bonchev–Trinajstić information content (AvgIpc) is 2.34. The lowest BCUT2D eigenvalue weighted by Crippen LogP contribution is -2.42. The number of rotatable bonds is 11. The lowest BCUT2D eigenvalue weighted by Gasteiger charge is -2.24. The van der Waals surface area contributed by atoms with Crippen molar-refractivity contribution in [1.82, 2.24) is 5.32 Å². The highest BCUT2D eigenvalue weighted by atomic mass is 28.4. The van der Waals surface area contributed by atoms with Crippen LogP contribution in [-0.2, 0) is 13.3 Å². The third-order valence-corrected chi connectivity index (χ3v) is 5.42. The Labute approximate surface area is 100 Å². The predicted molar refractivity (Wildman–Crippen MR) is 67.4 cm³/mol. The minimum atomic E-state index is -2.33. The fourth-order valence-corrected chi connectivity index (χ4v) is 3.35. The molecule has 0 aromatic rings. The third kappa shape index (κ3) is 6.57. The summed E-state index contributed by atoms with van der Waals surface area (Å²) >= 11 is 0. The highest BCUT2D eigenvalue weighted by Gasteiger charge is 2.36. The summed E-state index contributed by atoms with van der Waals surface area (Å²) in [6.07, 6.45) is 3.38. The Morgan fingerprint density at radius 2 is 1.56 bits per heavy atom. The number of unbranched alkanes of at least 4 members (excludes halogenated alkanes) is 2. The first kappa shape index (κ1) is 16.0. The first-order valence-corrected chi connectivity index (χ1v) is 7.74. The van der Waals surface area contributed by atoms with Crippen LogP contribution >= 0.6 is 0 Å². The highest BCUT2D eigenvalue weighted by Crippen LogP contribution is 2.16. The van der Waals surface area contributed by atoms with Gasteiger partial charge in [0.05, 0.1) is 0 Å². The van der Waals surface area contributed by atoms with Gasteiger partial charge in [0.15, 0.2) is 0 Å². The van der Waals surface area contributed by atoms with Crippen molar-refractivity contribution in [2.45, 2.75) is 25.3 Å². The van der Waals surface area contributed by atoms with E-state index in [2.05, 4.69) is 5.32 Å². The molecule has 0 aliphatic rings. The maximum Gasteiger partial charge on any atom is 0.500 e. The minimum Gasteiger partial charge on any atom is -0.377 e. The molecule has 0 saturated carbocycles. The molecule has 0 bridgehead atoms. The molecule has 0 spiro atoms. The van der Waals surface area contributed by atoms with E-state index < -0.39 is 8.80 Å². The van der Waals surface area contributed by atoms with Crippen molar-refractivity contribution in [3.8, 4) is 0 Å². The molecule has 0 aromatic carbocycles. The number of hydrogen-bond donors (Lipinski definition) is 2. The SMILES string of the molecule is CO[Si](CCCCCNCCN)(OC)OC. The average molecular weight is 250 g/mol. The van der Waals surface area contributed by atoms with Crippen LogP contribution in [0.15, 0.2) is 0 Å². The summed E-state index contributed by atoms with van der Waals surface area (Å²) in [6.45, 7) is 2.62. The van der Waals surface area contributed by atoms with Gasteiger partial charge in [-0.2, -0.15) is 0 Å². The zero-order valence-corrected chi connectivity index (χ0v) is 11.8. The Balaban J connectivity index is 3.48. The predicted octanol–water partition coefficient (Wildman–Crippen LogP) is 0.583. The summed E-state index contributed by atoms with van der Waals surface area (Å²) in [4.78, 5) is 0. The van der Waals surface area contributed by atoms with Gasteiger partial charge in [0.2, 0.25) is 0 Å². The molecule has 6 heteroatoms. The second-order valence-corrected chi connectivity index (χ2v) is 6.74. The standard InChI is InChI=1S/C10H26N2O3Si/c1-13-16(14-2,15-3)10-6-4-5-8-12-9-7-11/h12H,4-11H2,1-3H3. The van der Waals surface area contributed by atoms with Gasteiger partial charge in [-0.3, -0.25) is 0 Å². The Bertz CT molecular complexity index is 149. The van der Waals surface area contributed by atoms with Gasteiger partial charge in [-0.15, -0.1) is 0 Å². The minimum absolute atomic E-state index is 0.701. The summed E-state index contributed by atoms with van der Waals surface area (Å²) in [6, 6.07) is 0.882. The second-order valence-electron chi connectivity index (χ2n) is 3.64. The van der Waals surface area contributed by atoms with Gasteiger partial charge in [-0.05, 0) is 19.4 Å². The fourth-order valence-electron chi connectivity index (χ4n) is 1.55. The van der Waals surface area contributed by atoms with E-state index in [-0.39, 0.29) is 0 Å². The molecule has 0 unspecified atom stereocenters. The van der Waals surface area contributed by atoms with Crippen LogP contribution in [0, 0.1) is 0 Å². The van der Waals surface area contributed by atoms with Crippen LogP contribution in [-0.4, -0.2) is 49.8 Å². The van der Waals surface area contributed by atoms with E-state index in [1.165, 1.54) is 0 Å². The van der Waals surface area contributed by atoms with Crippen molar-refractivity contribution in [2.24, 2.45) is 5.73 Å². The van der Waals surface area contributed by atoms with Gasteiger partial charge in [0.25, 0.3) is 0 Å². The van der Waals surface area contributed by atoms with Crippen LogP contribution in [0.3, 0.4) is 0 Å². The van der Waals surface area contributed by atoms with Crippen LogP contribution < -0.4 is 11.1 Å². The van der Waals surface area contributed by atoms with Crippen molar-refractivity contribution >= 4 is 8.80 Å². The normalized spacial score (nSPS) is 12.0. The lowest BCUT2D eigenvalue weighted by molar-refractivity contribution is 0.122. The van der Waals surface area contributed by atoms with Crippen LogP contribution in [0.5, 0.6) is 0 Å². The molecule has 5 nitrogen and oxygen atoms in total. The van der Waals surface area contributed by atoms with E-state index in [1.54, 1.807) is 21.3 Å². The topological polar surface area (TPSA) is 65.7 Å². The van der Waals surface area contributed by atoms with Gasteiger partial charge < -0.3 is 24.3 Å². The van der Waals surface area contributed by atoms with E-state index in [4.69, 9.17) is 19.0 Å². The van der Waals surface area contributed by atoms with E-state index in [1.807, 2.05) is 0 Å². The van der Waals surface area contributed by atoms with Crippen molar-refractivity contribution in [2.75, 3.05) is 41.0 Å². The Hall–Kier alpha value is 0.0169. The maximum atomic E-state index is 5.37. The molecule has 0 aliphatic heterocycles. The van der Waals surface area contributed by atoms with E-state index in [0.29, 0.717) is 6.54 Å². The molecule has 0 aromatic heterocycles. The summed E-state index contributed by atoms with van der Waals surface area (Å²) in [5.41, 5.74) is 5.37. The molecule has 0 atom stereocenters. The van der Waals surface area contributed by atoms with Gasteiger partial charge in [0, 0.05) is 40.5 Å². The van der Waals surface area contributed by atoms with Crippen molar-refractivity contribution in [3.05, 3.63) is 0 Å². The van der Waals surface area contributed by atoms with Gasteiger partial charge in [-0.1, -0.05) is 6.42 Å². The van der Waals surface area contributed by atoms with Crippen molar-refractivity contribution in [3.63, 3.8) is 0 Å². The molecular formula is C10H26N2O3Si. The quantitative estimate of drug-likeness (QED) is 0.415. The zero-order chi connectivity index (χ0) is 12.3. The summed E-state index contributed by atoms with van der Waals surface area (Å²) in [7, 11) is 2.63. The molecule has 0 amide bonds. The van der Waals surface area contributed by atoms with Crippen LogP contribution in [0.1, 0.15) is 19.3 Å². The largest absolute Gasteiger partial charge is 0.500 e. The number of nitrogens with two attached hydrogens (primary N) is 1. The molecule has 0 fully saturated rings. The van der Waals surface area contributed by atoms with Crippen molar-refractivity contribution < 1.29 is 13.3 Å². The smallest absolute Gasteiger partial charge is 0.377 e. The van der Waals surface area contributed by atoms with Gasteiger partial charge >= 0.3 is 8.80 Å². The lowest BCUT2D eigenvalue weighted by atomic mass is 10.2. The van der Waals surface area contributed by atoms with E-state index in [0.717, 1.165) is 38.4 Å². The first-order valence-electron chi connectivity index (χ1n) is 5.81. The molecule has 0 radical (unpaired) electrons. The van der Waals surface area contributed by atoms with E-state index in [9.17, 15) is 0 Å². The molecule has 16 heavy (non-hydrogen) atoms. The first-order chi connectivity index (χ1) is 7.74. The molecule has 0 heterocycles. The molecule has 0 aliphatic carbocycles. The number of hydrogen-bond acceptors (Lipinski definition) is 5. The summed E-state index contributed by atoms with van der Waals surface area (Å²) in [5, 5.41) is 3.27. The van der Waals surface area contributed by atoms with Crippen LogP contribution in [0.25, 0.3) is 0 Å². The van der Waals surface area contributed by atoms with Gasteiger partial charge in [0.1, 0.15) is 0 Å². The molecule has 0 saturated heterocycles. The second kappa shape index (κ2) is 10.2. The summed E-state index contributed by atoms with van der Waals surface area (Å²) in [5.74, 6) is 0. The maximum absolute atomic E-state index is 5.37. The Morgan fingerprint density at radius 1 is 0.938 bits per heavy atom. The third-order valence-electron chi connectivity index (χ3n) is 2.59.